The number of hydrogen-bond donors (Lipinski definition) is 1. The number of aromatic carboxylic acids is 1. The van der Waals surface area contributed by atoms with Gasteiger partial charge < -0.3 is 14.6 Å². The molecule has 1 N–H and O–H groups in total. The van der Waals surface area contributed by atoms with Crippen molar-refractivity contribution < 1.29 is 32.5 Å². The summed E-state index contributed by atoms with van der Waals surface area (Å²) >= 11 is 0. The fraction of sp³-hybridized carbons (Fsp3) is 0.333. The van der Waals surface area contributed by atoms with Crippen LogP contribution in [0.2, 0.25) is 0 Å². The molecule has 0 aliphatic carbocycles. The second-order valence-electron chi connectivity index (χ2n) is 2.98. The van der Waals surface area contributed by atoms with Crippen LogP contribution in [0.4, 0.5) is 13.2 Å². The molecule has 0 bridgehead atoms. The van der Waals surface area contributed by atoms with Gasteiger partial charge in [0.1, 0.15) is 0 Å². The third-order valence-corrected chi connectivity index (χ3v) is 1.81. The van der Waals surface area contributed by atoms with Crippen LogP contribution in [0.1, 0.15) is 16.1 Å². The van der Waals surface area contributed by atoms with Crippen LogP contribution in [-0.2, 0) is 0 Å². The Morgan fingerprint density at radius 2 is 2.06 bits per heavy atom. The molecule has 0 radical (unpaired) electrons. The highest BCUT2D eigenvalue weighted by molar-refractivity contribution is 5.89. The number of carbonyl (C=O) groups is 1. The van der Waals surface area contributed by atoms with Gasteiger partial charge in [0.2, 0.25) is 0 Å². The molecule has 1 aromatic heterocycles. The summed E-state index contributed by atoms with van der Waals surface area (Å²) in [6, 6.07) is 0.922. The molecule has 0 saturated carbocycles. The summed E-state index contributed by atoms with van der Waals surface area (Å²) in [6.45, 7) is 1.26. The summed E-state index contributed by atoms with van der Waals surface area (Å²) in [5, 5.41) is 8.75. The van der Waals surface area contributed by atoms with Crippen molar-refractivity contribution in [1.82, 2.24) is 4.98 Å². The second-order valence-corrected chi connectivity index (χ2v) is 2.98. The summed E-state index contributed by atoms with van der Waals surface area (Å²) in [7, 11) is 1.08. The van der Waals surface area contributed by atoms with Gasteiger partial charge in [-0.05, 0) is 6.92 Å². The van der Waals surface area contributed by atoms with E-state index in [1.54, 1.807) is 0 Å². The lowest BCUT2D eigenvalue weighted by molar-refractivity contribution is -0.276. The van der Waals surface area contributed by atoms with Crippen LogP contribution >= 0.6 is 0 Å². The number of halogens is 3. The molecule has 0 aliphatic heterocycles. The van der Waals surface area contributed by atoms with Gasteiger partial charge in [0, 0.05) is 6.07 Å². The molecule has 0 aromatic carbocycles. The van der Waals surface area contributed by atoms with E-state index in [9.17, 15) is 18.0 Å². The summed E-state index contributed by atoms with van der Waals surface area (Å²) in [5.74, 6) is -2.53. The van der Waals surface area contributed by atoms with Crippen molar-refractivity contribution in [3.8, 4) is 11.6 Å². The quantitative estimate of drug-likeness (QED) is 0.889. The molecule has 0 atom stereocenters. The summed E-state index contributed by atoms with van der Waals surface area (Å²) in [6.07, 6.45) is -4.92. The molecule has 8 heteroatoms. The average molecular weight is 251 g/mol. The molecule has 0 spiro atoms. The van der Waals surface area contributed by atoms with Crippen LogP contribution in [-0.4, -0.2) is 29.5 Å². The van der Waals surface area contributed by atoms with Crippen LogP contribution in [0.15, 0.2) is 6.07 Å². The smallest absolute Gasteiger partial charge is 0.491 e. The standard InChI is InChI=1S/C9H8F3NO4/c1-4-5(8(14)15)3-6(16-2)7(13-4)17-9(10,11)12/h3H,1-2H3,(H,14,15). The lowest BCUT2D eigenvalue weighted by Gasteiger charge is -2.12. The van der Waals surface area contributed by atoms with E-state index in [0.717, 1.165) is 13.2 Å². The van der Waals surface area contributed by atoms with Crippen molar-refractivity contribution in [3.63, 3.8) is 0 Å². The van der Waals surface area contributed by atoms with Gasteiger partial charge in [-0.2, -0.15) is 0 Å². The zero-order chi connectivity index (χ0) is 13.2. The Balaban J connectivity index is 3.24. The van der Waals surface area contributed by atoms with E-state index >= 15 is 0 Å². The minimum atomic E-state index is -4.92. The Morgan fingerprint density at radius 3 is 2.47 bits per heavy atom. The van der Waals surface area contributed by atoms with Gasteiger partial charge in [0.25, 0.3) is 5.88 Å². The second kappa shape index (κ2) is 4.48. The Hall–Kier alpha value is -1.99. The van der Waals surface area contributed by atoms with Gasteiger partial charge in [-0.25, -0.2) is 9.78 Å². The SMILES string of the molecule is COc1cc(C(=O)O)c(C)nc1OC(F)(F)F. The Bertz CT molecular complexity index is 445. The van der Waals surface area contributed by atoms with Gasteiger partial charge in [-0.15, -0.1) is 13.2 Å². The molecule has 5 nitrogen and oxygen atoms in total. The number of pyridine rings is 1. The molecule has 0 unspecified atom stereocenters. The van der Waals surface area contributed by atoms with Crippen LogP contribution in [0.3, 0.4) is 0 Å². The molecule has 0 aliphatic rings. The first-order valence-electron chi connectivity index (χ1n) is 4.29. The lowest BCUT2D eigenvalue weighted by atomic mass is 10.2. The number of ether oxygens (including phenoxy) is 2. The van der Waals surface area contributed by atoms with Crippen molar-refractivity contribution >= 4 is 5.97 Å². The van der Waals surface area contributed by atoms with Gasteiger partial charge in [0.15, 0.2) is 5.75 Å². The van der Waals surface area contributed by atoms with E-state index in [1.165, 1.54) is 6.92 Å². The fourth-order valence-corrected chi connectivity index (χ4v) is 1.11. The Labute approximate surface area is 93.8 Å². The number of carboxylic acid groups (broad SMARTS) is 1. The number of methoxy groups -OCH3 is 1. The minimum absolute atomic E-state index is 0.0995. The van der Waals surface area contributed by atoms with E-state index in [1.807, 2.05) is 0 Å². The molecule has 0 amide bonds. The maximum atomic E-state index is 12.0. The minimum Gasteiger partial charge on any atom is -0.491 e. The van der Waals surface area contributed by atoms with E-state index in [-0.39, 0.29) is 11.3 Å². The zero-order valence-electron chi connectivity index (χ0n) is 8.83. The van der Waals surface area contributed by atoms with Gasteiger partial charge in [-0.3, -0.25) is 0 Å². The normalized spacial score (nSPS) is 11.1. The predicted octanol–water partition coefficient (Wildman–Crippen LogP) is 2.00. The number of alkyl halides is 3. The van der Waals surface area contributed by atoms with Crippen LogP contribution in [0.5, 0.6) is 11.6 Å². The van der Waals surface area contributed by atoms with Crippen LogP contribution in [0, 0.1) is 6.92 Å². The maximum Gasteiger partial charge on any atom is 0.574 e. The van der Waals surface area contributed by atoms with Gasteiger partial charge in [-0.1, -0.05) is 0 Å². The zero-order valence-corrected chi connectivity index (χ0v) is 8.83. The van der Waals surface area contributed by atoms with Crippen molar-refractivity contribution in [2.24, 2.45) is 0 Å². The van der Waals surface area contributed by atoms with E-state index in [4.69, 9.17) is 5.11 Å². The van der Waals surface area contributed by atoms with Gasteiger partial charge in [0.05, 0.1) is 18.4 Å². The first kappa shape index (κ1) is 13.1. The average Bonchev–Trinajstić information content (AvgIpc) is 2.14. The van der Waals surface area contributed by atoms with Crippen LogP contribution < -0.4 is 9.47 Å². The highest BCUT2D eigenvalue weighted by Crippen LogP contribution is 2.31. The number of rotatable bonds is 3. The summed E-state index contributed by atoms with van der Waals surface area (Å²) < 4.78 is 44.2. The molecule has 0 fully saturated rings. The topological polar surface area (TPSA) is 68.7 Å². The molecule has 1 aromatic rings. The monoisotopic (exact) mass is 251 g/mol. The molecular formula is C9H8F3NO4. The van der Waals surface area contributed by atoms with Crippen LogP contribution in [0.25, 0.3) is 0 Å². The number of carboxylic acids is 1. The first-order valence-corrected chi connectivity index (χ1v) is 4.29. The van der Waals surface area contributed by atoms with E-state index in [0.29, 0.717) is 0 Å². The van der Waals surface area contributed by atoms with E-state index in [2.05, 4.69) is 14.5 Å². The first-order chi connectivity index (χ1) is 7.74. The third kappa shape index (κ3) is 3.23. The van der Waals surface area contributed by atoms with Gasteiger partial charge >= 0.3 is 12.3 Å². The Morgan fingerprint density at radius 1 is 1.47 bits per heavy atom. The highest BCUT2D eigenvalue weighted by atomic mass is 19.4. The molecule has 1 heterocycles. The number of aryl methyl sites for hydroxylation is 1. The summed E-state index contributed by atoms with van der Waals surface area (Å²) in [5.41, 5.74) is -0.353. The van der Waals surface area contributed by atoms with Crippen molar-refractivity contribution in [1.29, 1.82) is 0 Å². The lowest BCUT2D eigenvalue weighted by Crippen LogP contribution is -2.19. The molecule has 17 heavy (non-hydrogen) atoms. The van der Waals surface area contributed by atoms with Crippen molar-refractivity contribution in [2.75, 3.05) is 7.11 Å². The van der Waals surface area contributed by atoms with Crippen molar-refractivity contribution in [2.45, 2.75) is 13.3 Å². The summed E-state index contributed by atoms with van der Waals surface area (Å²) in [4.78, 5) is 14.1. The third-order valence-electron chi connectivity index (χ3n) is 1.81. The maximum absolute atomic E-state index is 12.0. The molecule has 1 rings (SSSR count). The highest BCUT2D eigenvalue weighted by Gasteiger charge is 2.34. The van der Waals surface area contributed by atoms with Crippen molar-refractivity contribution in [3.05, 3.63) is 17.3 Å². The number of hydrogen-bond acceptors (Lipinski definition) is 4. The van der Waals surface area contributed by atoms with E-state index < -0.39 is 24.0 Å². The largest absolute Gasteiger partial charge is 0.574 e. The molecule has 94 valence electrons. The predicted molar refractivity (Wildman–Crippen MR) is 49.2 cm³/mol. The fourth-order valence-electron chi connectivity index (χ4n) is 1.11. The molecule has 0 saturated heterocycles. The number of aromatic nitrogens is 1. The Kier molecular flexibility index (Phi) is 3.45. The molecular weight excluding hydrogens is 243 g/mol. The number of nitrogens with zero attached hydrogens (tertiary/aromatic N) is 1.